The molecule has 0 fully saturated rings. The van der Waals surface area contributed by atoms with Gasteiger partial charge in [0.15, 0.2) is 0 Å². The van der Waals surface area contributed by atoms with Gasteiger partial charge in [-0.25, -0.2) is 9.97 Å². The van der Waals surface area contributed by atoms with Gasteiger partial charge in [0.05, 0.1) is 0 Å². The lowest BCUT2D eigenvalue weighted by Crippen LogP contribution is -2.11. The predicted molar refractivity (Wildman–Crippen MR) is 88.9 cm³/mol. The third-order valence-electron chi connectivity index (χ3n) is 3.38. The molecule has 1 aromatic carbocycles. The average molecular weight is 284 g/mol. The summed E-state index contributed by atoms with van der Waals surface area (Å²) in [6.07, 6.45) is 2.17. The van der Waals surface area contributed by atoms with E-state index in [2.05, 4.69) is 64.8 Å². The Morgan fingerprint density at radius 2 is 1.62 bits per heavy atom. The Balaban J connectivity index is 1.91. The maximum absolute atomic E-state index is 4.50. The van der Waals surface area contributed by atoms with Crippen molar-refractivity contribution in [2.75, 3.05) is 23.7 Å². The van der Waals surface area contributed by atoms with Gasteiger partial charge in [-0.2, -0.15) is 0 Å². The number of aromatic nitrogens is 2. The van der Waals surface area contributed by atoms with Gasteiger partial charge in [0, 0.05) is 18.7 Å². The molecule has 0 aliphatic rings. The molecule has 0 bridgehead atoms. The van der Waals surface area contributed by atoms with Gasteiger partial charge >= 0.3 is 0 Å². The number of nitrogens with one attached hydrogen (secondary N) is 2. The van der Waals surface area contributed by atoms with Crippen LogP contribution >= 0.6 is 0 Å². The molecule has 1 aromatic heterocycles. The number of aryl methyl sites for hydroxylation is 2. The highest BCUT2D eigenvalue weighted by atomic mass is 15.1. The normalized spacial score (nSPS) is 10.4. The van der Waals surface area contributed by atoms with Crippen LogP contribution in [0.25, 0.3) is 0 Å². The minimum Gasteiger partial charge on any atom is -0.370 e. The molecular weight excluding hydrogens is 260 g/mol. The topological polar surface area (TPSA) is 49.8 Å². The molecule has 0 spiro atoms. The summed E-state index contributed by atoms with van der Waals surface area (Å²) >= 11 is 0. The smallest absolute Gasteiger partial charge is 0.134 e. The molecule has 2 rings (SSSR count). The standard InChI is InChI=1S/C17H24N4/c1-4-18-16-13(2)17(21-14(3)20-16)19-12-8-11-15-9-6-5-7-10-15/h5-7,9-10H,4,8,11-12H2,1-3H3,(H2,18,19,20,21). The highest BCUT2D eigenvalue weighted by Crippen LogP contribution is 2.19. The zero-order valence-corrected chi connectivity index (χ0v) is 13.1. The van der Waals surface area contributed by atoms with Crippen molar-refractivity contribution in [3.63, 3.8) is 0 Å². The fraction of sp³-hybridized carbons (Fsp3) is 0.412. The van der Waals surface area contributed by atoms with Gasteiger partial charge in [0.1, 0.15) is 17.5 Å². The number of nitrogens with zero attached hydrogens (tertiary/aromatic N) is 2. The van der Waals surface area contributed by atoms with Gasteiger partial charge < -0.3 is 10.6 Å². The first-order valence-corrected chi connectivity index (χ1v) is 7.57. The SMILES string of the molecule is CCNc1nc(C)nc(NCCCc2ccccc2)c1C. The van der Waals surface area contributed by atoms with Crippen LogP contribution in [-0.2, 0) is 6.42 Å². The van der Waals surface area contributed by atoms with E-state index in [9.17, 15) is 0 Å². The van der Waals surface area contributed by atoms with Crippen molar-refractivity contribution in [1.82, 2.24) is 9.97 Å². The van der Waals surface area contributed by atoms with Crippen molar-refractivity contribution in [2.24, 2.45) is 0 Å². The summed E-state index contributed by atoms with van der Waals surface area (Å²) in [4.78, 5) is 8.93. The maximum Gasteiger partial charge on any atom is 0.134 e. The van der Waals surface area contributed by atoms with Crippen molar-refractivity contribution in [3.05, 3.63) is 47.3 Å². The van der Waals surface area contributed by atoms with E-state index in [4.69, 9.17) is 0 Å². The first-order chi connectivity index (χ1) is 10.2. The first kappa shape index (κ1) is 15.3. The number of hydrogen-bond acceptors (Lipinski definition) is 4. The van der Waals surface area contributed by atoms with Crippen LogP contribution in [0.15, 0.2) is 30.3 Å². The molecule has 112 valence electrons. The quantitative estimate of drug-likeness (QED) is 0.763. The molecule has 4 nitrogen and oxygen atoms in total. The molecule has 0 aliphatic carbocycles. The van der Waals surface area contributed by atoms with Crippen LogP contribution in [0.5, 0.6) is 0 Å². The molecular formula is C17H24N4. The second-order valence-corrected chi connectivity index (χ2v) is 5.14. The molecule has 2 aromatic rings. The van der Waals surface area contributed by atoms with Gasteiger partial charge in [-0.1, -0.05) is 30.3 Å². The number of rotatable bonds is 7. The van der Waals surface area contributed by atoms with Crippen molar-refractivity contribution in [3.8, 4) is 0 Å². The Morgan fingerprint density at radius 3 is 2.29 bits per heavy atom. The fourth-order valence-corrected chi connectivity index (χ4v) is 2.28. The first-order valence-electron chi connectivity index (χ1n) is 7.57. The van der Waals surface area contributed by atoms with Crippen molar-refractivity contribution in [1.29, 1.82) is 0 Å². The fourth-order valence-electron chi connectivity index (χ4n) is 2.28. The zero-order valence-electron chi connectivity index (χ0n) is 13.1. The molecule has 21 heavy (non-hydrogen) atoms. The second-order valence-electron chi connectivity index (χ2n) is 5.14. The highest BCUT2D eigenvalue weighted by Gasteiger charge is 2.07. The lowest BCUT2D eigenvalue weighted by molar-refractivity contribution is 0.854. The second kappa shape index (κ2) is 7.62. The molecule has 0 saturated carbocycles. The Labute approximate surface area is 127 Å². The van der Waals surface area contributed by atoms with Gasteiger partial charge in [-0.05, 0) is 39.2 Å². The van der Waals surface area contributed by atoms with Gasteiger partial charge in [0.2, 0.25) is 0 Å². The predicted octanol–water partition coefficient (Wildman–Crippen LogP) is 3.57. The summed E-state index contributed by atoms with van der Waals surface area (Å²) in [5.41, 5.74) is 2.46. The van der Waals surface area contributed by atoms with E-state index < -0.39 is 0 Å². The van der Waals surface area contributed by atoms with Gasteiger partial charge in [0.25, 0.3) is 0 Å². The van der Waals surface area contributed by atoms with E-state index in [0.717, 1.165) is 49.0 Å². The third kappa shape index (κ3) is 4.45. The van der Waals surface area contributed by atoms with E-state index in [0.29, 0.717) is 0 Å². The van der Waals surface area contributed by atoms with Crippen molar-refractivity contribution >= 4 is 11.6 Å². The molecule has 0 aliphatic heterocycles. The Morgan fingerprint density at radius 1 is 0.952 bits per heavy atom. The lowest BCUT2D eigenvalue weighted by atomic mass is 10.1. The Bertz CT molecular complexity index is 567. The molecule has 0 atom stereocenters. The van der Waals surface area contributed by atoms with E-state index in [1.54, 1.807) is 0 Å². The lowest BCUT2D eigenvalue weighted by Gasteiger charge is -2.13. The van der Waals surface area contributed by atoms with Crippen LogP contribution < -0.4 is 10.6 Å². The maximum atomic E-state index is 4.50. The number of benzene rings is 1. The number of anilines is 2. The Hall–Kier alpha value is -2.10. The van der Waals surface area contributed by atoms with Crippen LogP contribution in [0.3, 0.4) is 0 Å². The van der Waals surface area contributed by atoms with E-state index in [1.165, 1.54) is 5.56 Å². The largest absolute Gasteiger partial charge is 0.370 e. The molecule has 0 unspecified atom stereocenters. The molecule has 0 amide bonds. The van der Waals surface area contributed by atoms with Crippen LogP contribution in [0.2, 0.25) is 0 Å². The Kier molecular flexibility index (Phi) is 5.55. The number of hydrogen-bond donors (Lipinski definition) is 2. The monoisotopic (exact) mass is 284 g/mol. The third-order valence-corrected chi connectivity index (χ3v) is 3.38. The van der Waals surface area contributed by atoms with Crippen LogP contribution in [0.4, 0.5) is 11.6 Å². The van der Waals surface area contributed by atoms with Crippen molar-refractivity contribution < 1.29 is 0 Å². The summed E-state index contributed by atoms with van der Waals surface area (Å²) in [6, 6.07) is 10.6. The minimum atomic E-state index is 0.794. The molecule has 0 saturated heterocycles. The summed E-state index contributed by atoms with van der Waals surface area (Å²) in [6.45, 7) is 7.83. The minimum absolute atomic E-state index is 0.794. The van der Waals surface area contributed by atoms with Crippen LogP contribution in [-0.4, -0.2) is 23.1 Å². The van der Waals surface area contributed by atoms with Gasteiger partial charge in [-0.3, -0.25) is 0 Å². The summed E-state index contributed by atoms with van der Waals surface area (Å²) in [5.74, 6) is 2.66. The highest BCUT2D eigenvalue weighted by molar-refractivity contribution is 5.57. The van der Waals surface area contributed by atoms with Crippen LogP contribution in [0, 0.1) is 13.8 Å². The van der Waals surface area contributed by atoms with Crippen LogP contribution in [0.1, 0.15) is 30.3 Å². The zero-order chi connectivity index (χ0) is 15.1. The van der Waals surface area contributed by atoms with E-state index in [-0.39, 0.29) is 0 Å². The van der Waals surface area contributed by atoms with Gasteiger partial charge in [-0.15, -0.1) is 0 Å². The summed E-state index contributed by atoms with van der Waals surface area (Å²) in [5, 5.41) is 6.71. The summed E-state index contributed by atoms with van der Waals surface area (Å²) in [7, 11) is 0. The molecule has 2 N–H and O–H groups in total. The van der Waals surface area contributed by atoms with Crippen molar-refractivity contribution in [2.45, 2.75) is 33.6 Å². The molecule has 0 radical (unpaired) electrons. The van der Waals surface area contributed by atoms with E-state index in [1.807, 2.05) is 6.92 Å². The molecule has 4 heteroatoms. The van der Waals surface area contributed by atoms with E-state index >= 15 is 0 Å². The summed E-state index contributed by atoms with van der Waals surface area (Å²) < 4.78 is 0. The molecule has 1 heterocycles. The average Bonchev–Trinajstić information content (AvgIpc) is 2.49.